The topological polar surface area (TPSA) is 99.3 Å². The van der Waals surface area contributed by atoms with E-state index in [1.165, 1.54) is 0 Å². The van der Waals surface area contributed by atoms with Gasteiger partial charge in [0.2, 0.25) is 0 Å². The van der Waals surface area contributed by atoms with E-state index in [1.54, 1.807) is 23.6 Å². The molecule has 0 radical (unpaired) electrons. The number of H-pyrrole nitrogens is 1. The zero-order valence-corrected chi connectivity index (χ0v) is 19.2. The number of rotatable bonds is 5. The van der Waals surface area contributed by atoms with E-state index in [4.69, 9.17) is 14.0 Å². The lowest BCUT2D eigenvalue weighted by molar-refractivity contribution is -0.0593. The average Bonchev–Trinajstić information content (AvgIpc) is 3.08. The Kier molecular flexibility index (Phi) is 5.00. The Morgan fingerprint density at radius 2 is 2.09 bits per heavy atom. The lowest BCUT2D eigenvalue weighted by Crippen LogP contribution is -2.33. The number of nitrogens with zero attached hydrogens (tertiary/aromatic N) is 2. The van der Waals surface area contributed by atoms with Gasteiger partial charge in [0.1, 0.15) is 17.1 Å². The Morgan fingerprint density at radius 1 is 1.33 bits per heavy atom. The first-order valence-corrected chi connectivity index (χ1v) is 11.4. The van der Waals surface area contributed by atoms with Crippen molar-refractivity contribution in [1.82, 2.24) is 14.7 Å². The third-order valence-corrected chi connectivity index (χ3v) is 7.05. The van der Waals surface area contributed by atoms with Crippen molar-refractivity contribution in [2.45, 2.75) is 64.0 Å². The third-order valence-electron chi connectivity index (χ3n) is 7.05. The molecule has 0 bridgehead atoms. The summed E-state index contributed by atoms with van der Waals surface area (Å²) >= 11 is 0. The summed E-state index contributed by atoms with van der Waals surface area (Å²) in [6.45, 7) is 8.58. The van der Waals surface area contributed by atoms with Gasteiger partial charge < -0.3 is 14.0 Å². The number of carbonyl (C=O) groups excluding carboxylic acids is 1. The molecule has 9 heteroatoms. The van der Waals surface area contributed by atoms with E-state index < -0.39 is 23.1 Å². The van der Waals surface area contributed by atoms with Gasteiger partial charge in [-0.25, -0.2) is 14.0 Å². The van der Waals surface area contributed by atoms with Crippen LogP contribution in [-0.2, 0) is 15.0 Å². The second-order valence-electron chi connectivity index (χ2n) is 9.80. The second-order valence-corrected chi connectivity index (χ2v) is 9.80. The van der Waals surface area contributed by atoms with Crippen molar-refractivity contribution in [2.75, 3.05) is 13.2 Å². The molecule has 1 aliphatic carbocycles. The average molecular weight is 458 g/mol. The van der Waals surface area contributed by atoms with E-state index >= 15 is 4.39 Å². The number of hydrogen-bond acceptors (Lipinski definition) is 6. The normalized spacial score (nSPS) is 26.5. The SMILES string of the molecule is CCOC(=O)c1cc2cc([C@H]3CCOC(C)(C)C3)cc(F)c2n1[C@@]1(c2noc(=O)[nH]2)C[C@@H]1C. The molecular formula is C24H28FN3O5. The molecule has 2 aliphatic rings. The molecule has 5 rings (SSSR count). The molecule has 2 aromatic heterocycles. The molecule has 1 N–H and O–H groups in total. The van der Waals surface area contributed by atoms with Gasteiger partial charge in [0, 0.05) is 12.0 Å². The maximum Gasteiger partial charge on any atom is 0.438 e. The van der Waals surface area contributed by atoms with Crippen molar-refractivity contribution < 1.29 is 23.2 Å². The smallest absolute Gasteiger partial charge is 0.438 e. The highest BCUT2D eigenvalue weighted by Crippen LogP contribution is 2.56. The molecule has 0 amide bonds. The molecule has 1 aliphatic heterocycles. The zero-order valence-electron chi connectivity index (χ0n) is 19.2. The molecule has 0 spiro atoms. The van der Waals surface area contributed by atoms with Crippen LogP contribution in [0.3, 0.4) is 0 Å². The van der Waals surface area contributed by atoms with E-state index in [0.29, 0.717) is 23.9 Å². The molecule has 1 aromatic carbocycles. The third kappa shape index (κ3) is 3.49. The maximum absolute atomic E-state index is 15.8. The molecular weight excluding hydrogens is 429 g/mol. The van der Waals surface area contributed by atoms with Crippen LogP contribution in [0.2, 0.25) is 0 Å². The number of benzene rings is 1. The fourth-order valence-electron chi connectivity index (χ4n) is 5.41. The molecule has 1 saturated heterocycles. The summed E-state index contributed by atoms with van der Waals surface area (Å²) in [5, 5.41) is 4.51. The van der Waals surface area contributed by atoms with Crippen LogP contribution in [-0.4, -0.2) is 39.5 Å². The predicted octanol–water partition coefficient (Wildman–Crippen LogP) is 4.09. The van der Waals surface area contributed by atoms with Gasteiger partial charge in [0.15, 0.2) is 5.82 Å². The molecule has 8 nitrogen and oxygen atoms in total. The highest BCUT2D eigenvalue weighted by atomic mass is 19.1. The Labute approximate surface area is 190 Å². The van der Waals surface area contributed by atoms with Gasteiger partial charge in [-0.1, -0.05) is 12.1 Å². The van der Waals surface area contributed by atoms with E-state index in [2.05, 4.69) is 10.1 Å². The number of esters is 1. The first-order valence-electron chi connectivity index (χ1n) is 11.4. The molecule has 176 valence electrons. The molecule has 1 saturated carbocycles. The number of halogens is 1. The highest BCUT2D eigenvalue weighted by molar-refractivity contribution is 5.96. The minimum Gasteiger partial charge on any atom is -0.461 e. The van der Waals surface area contributed by atoms with Crippen LogP contribution < -0.4 is 5.76 Å². The summed E-state index contributed by atoms with van der Waals surface area (Å²) < 4.78 is 33.3. The van der Waals surface area contributed by atoms with Crippen molar-refractivity contribution >= 4 is 16.9 Å². The summed E-state index contributed by atoms with van der Waals surface area (Å²) in [6.07, 6.45) is 2.16. The van der Waals surface area contributed by atoms with Crippen LogP contribution >= 0.6 is 0 Å². The first kappa shape index (κ1) is 21.9. The van der Waals surface area contributed by atoms with E-state index in [-0.39, 0.29) is 35.6 Å². The Balaban J connectivity index is 1.70. The zero-order chi connectivity index (χ0) is 23.5. The standard InChI is InChI=1S/C24H28FN3O5/c1-5-31-20(29)18-10-16-8-15(14-6-7-32-23(3,4)12-14)9-17(25)19(16)28(18)24(11-13(24)2)21-26-22(30)33-27-21/h8-10,13-14H,5-7,11-12H2,1-4H3,(H,26,27,30)/t13-,14-,24-/m0/s1. The van der Waals surface area contributed by atoms with E-state index in [0.717, 1.165) is 18.4 Å². The summed E-state index contributed by atoms with van der Waals surface area (Å²) in [6, 6.07) is 5.19. The van der Waals surface area contributed by atoms with Crippen LogP contribution in [0.15, 0.2) is 27.5 Å². The Hall–Kier alpha value is -2.94. The number of carbonyl (C=O) groups is 1. The predicted molar refractivity (Wildman–Crippen MR) is 118 cm³/mol. The highest BCUT2D eigenvalue weighted by Gasteiger charge is 2.59. The summed E-state index contributed by atoms with van der Waals surface area (Å²) in [5.74, 6) is -1.24. The van der Waals surface area contributed by atoms with E-state index in [9.17, 15) is 9.59 Å². The molecule has 3 aromatic rings. The summed E-state index contributed by atoms with van der Waals surface area (Å²) in [7, 11) is 0. The van der Waals surface area contributed by atoms with Gasteiger partial charge in [0.05, 0.1) is 17.7 Å². The second kappa shape index (κ2) is 7.55. The van der Waals surface area contributed by atoms with Crippen molar-refractivity contribution in [2.24, 2.45) is 5.92 Å². The number of nitrogens with one attached hydrogen (secondary N) is 1. The van der Waals surface area contributed by atoms with Crippen LogP contribution in [0, 0.1) is 11.7 Å². The quantitative estimate of drug-likeness (QED) is 0.580. The fourth-order valence-corrected chi connectivity index (χ4v) is 5.41. The van der Waals surface area contributed by atoms with Gasteiger partial charge in [-0.05, 0) is 75.6 Å². The number of fused-ring (bicyclic) bond motifs is 1. The maximum atomic E-state index is 15.8. The first-order chi connectivity index (χ1) is 15.7. The number of aromatic amines is 1. The van der Waals surface area contributed by atoms with E-state index in [1.807, 2.05) is 26.8 Å². The monoisotopic (exact) mass is 457 g/mol. The van der Waals surface area contributed by atoms with Gasteiger partial charge in [0.25, 0.3) is 0 Å². The number of aromatic nitrogens is 3. The number of hydrogen-bond donors (Lipinski definition) is 1. The Bertz CT molecular complexity index is 1290. The summed E-state index contributed by atoms with van der Waals surface area (Å²) in [5.41, 5.74) is 0.239. The minimum atomic E-state index is -0.890. The summed E-state index contributed by atoms with van der Waals surface area (Å²) in [4.78, 5) is 27.2. The molecule has 0 unspecified atom stereocenters. The molecule has 3 atom stereocenters. The number of ether oxygens (including phenoxy) is 2. The largest absolute Gasteiger partial charge is 0.461 e. The van der Waals surface area contributed by atoms with Gasteiger partial charge in [-0.15, -0.1) is 0 Å². The van der Waals surface area contributed by atoms with Crippen molar-refractivity contribution in [1.29, 1.82) is 0 Å². The van der Waals surface area contributed by atoms with Crippen molar-refractivity contribution in [3.63, 3.8) is 0 Å². The van der Waals surface area contributed by atoms with Crippen LogP contribution in [0.1, 0.15) is 74.8 Å². The lowest BCUT2D eigenvalue weighted by Gasteiger charge is -2.35. The van der Waals surface area contributed by atoms with Gasteiger partial charge in [-0.3, -0.25) is 9.51 Å². The molecule has 2 fully saturated rings. The van der Waals surface area contributed by atoms with Gasteiger partial charge >= 0.3 is 11.7 Å². The molecule has 33 heavy (non-hydrogen) atoms. The van der Waals surface area contributed by atoms with Crippen LogP contribution in [0.5, 0.6) is 0 Å². The van der Waals surface area contributed by atoms with Crippen LogP contribution in [0.4, 0.5) is 4.39 Å². The van der Waals surface area contributed by atoms with Gasteiger partial charge in [-0.2, -0.15) is 0 Å². The fraction of sp³-hybridized carbons (Fsp3) is 0.542. The van der Waals surface area contributed by atoms with Crippen molar-refractivity contribution in [3.8, 4) is 0 Å². The van der Waals surface area contributed by atoms with Crippen LogP contribution in [0.25, 0.3) is 10.9 Å². The molecule has 3 heterocycles. The lowest BCUT2D eigenvalue weighted by atomic mass is 9.83. The Morgan fingerprint density at radius 3 is 2.70 bits per heavy atom. The van der Waals surface area contributed by atoms with Crippen molar-refractivity contribution in [3.05, 3.63) is 51.6 Å². The minimum absolute atomic E-state index is 0.00241.